The van der Waals surface area contributed by atoms with E-state index >= 15 is 0 Å². The molecule has 0 saturated heterocycles. The van der Waals surface area contributed by atoms with Crippen LogP contribution in [0.2, 0.25) is 0 Å². The van der Waals surface area contributed by atoms with Gasteiger partial charge in [-0.2, -0.15) is 0 Å². The van der Waals surface area contributed by atoms with Crippen LogP contribution >= 0.6 is 0 Å². The number of hydrogen-bond donors (Lipinski definition) is 3. The number of ether oxygens (including phenoxy) is 2. The van der Waals surface area contributed by atoms with Crippen molar-refractivity contribution in [2.45, 2.75) is 26.3 Å². The first kappa shape index (κ1) is 22.6. The third kappa shape index (κ3) is 5.15. The number of nitrogens with zero attached hydrogens (tertiary/aromatic N) is 3. The molecule has 0 spiro atoms. The van der Waals surface area contributed by atoms with Gasteiger partial charge in [0.15, 0.2) is 11.5 Å². The first-order valence-corrected chi connectivity index (χ1v) is 9.94. The summed E-state index contributed by atoms with van der Waals surface area (Å²) in [5.41, 5.74) is 8.16. The molecular weight excluding hydrogens is 412 g/mol. The van der Waals surface area contributed by atoms with Crippen molar-refractivity contribution < 1.29 is 19.1 Å². The molecule has 0 atom stereocenters. The summed E-state index contributed by atoms with van der Waals surface area (Å²) in [4.78, 5) is 25.0. The predicted octanol–water partition coefficient (Wildman–Crippen LogP) is 2.89. The lowest BCUT2D eigenvalue weighted by atomic mass is 10.0. The molecule has 4 N–H and O–H groups in total. The van der Waals surface area contributed by atoms with Gasteiger partial charge < -0.3 is 25.8 Å². The zero-order chi connectivity index (χ0) is 23.3. The van der Waals surface area contributed by atoms with E-state index in [1.54, 1.807) is 18.2 Å². The highest BCUT2D eigenvalue weighted by molar-refractivity contribution is 6.06. The summed E-state index contributed by atoms with van der Waals surface area (Å²) in [5.74, 6) is 0.434. The Morgan fingerprint density at radius 1 is 1.06 bits per heavy atom. The number of anilines is 3. The van der Waals surface area contributed by atoms with Crippen molar-refractivity contribution in [2.24, 2.45) is 0 Å². The molecule has 10 heteroatoms. The minimum Gasteiger partial charge on any atom is -0.497 e. The smallest absolute Gasteiger partial charge is 0.280 e. The van der Waals surface area contributed by atoms with E-state index in [2.05, 4.69) is 34.8 Å². The molecule has 2 aromatic carbocycles. The molecular formula is C22H26N6O4. The SMILES string of the molecule is COc1ccc(NC(=O)c2nnn(CC(=O)Nc3ccc(C(C)C)cc3)c2N)c(OC)c1. The molecule has 0 saturated carbocycles. The van der Waals surface area contributed by atoms with E-state index < -0.39 is 5.91 Å². The van der Waals surface area contributed by atoms with Gasteiger partial charge in [-0.1, -0.05) is 31.2 Å². The molecule has 1 aromatic heterocycles. The minimum absolute atomic E-state index is 0.0275. The number of benzene rings is 2. The molecule has 0 aliphatic carbocycles. The average Bonchev–Trinajstić information content (AvgIpc) is 3.14. The van der Waals surface area contributed by atoms with Gasteiger partial charge in [-0.05, 0) is 35.7 Å². The van der Waals surface area contributed by atoms with Crippen molar-refractivity contribution in [3.63, 3.8) is 0 Å². The molecule has 0 fully saturated rings. The van der Waals surface area contributed by atoms with E-state index in [0.29, 0.717) is 28.8 Å². The highest BCUT2D eigenvalue weighted by Gasteiger charge is 2.20. The number of hydrogen-bond acceptors (Lipinski definition) is 7. The number of nitrogen functional groups attached to an aromatic ring is 1. The Bertz CT molecular complexity index is 1110. The Balaban J connectivity index is 1.67. The van der Waals surface area contributed by atoms with E-state index in [-0.39, 0.29) is 24.0 Å². The molecule has 0 bridgehead atoms. The van der Waals surface area contributed by atoms with Crippen LogP contribution in [0.25, 0.3) is 0 Å². The van der Waals surface area contributed by atoms with Crippen LogP contribution in [0.5, 0.6) is 11.5 Å². The number of amides is 2. The van der Waals surface area contributed by atoms with Crippen LogP contribution in [0.4, 0.5) is 17.2 Å². The van der Waals surface area contributed by atoms with Gasteiger partial charge >= 0.3 is 0 Å². The Hall–Kier alpha value is -4.08. The van der Waals surface area contributed by atoms with Crippen LogP contribution in [0.15, 0.2) is 42.5 Å². The monoisotopic (exact) mass is 438 g/mol. The molecule has 2 amide bonds. The number of aromatic nitrogens is 3. The van der Waals surface area contributed by atoms with E-state index in [4.69, 9.17) is 15.2 Å². The van der Waals surface area contributed by atoms with Gasteiger partial charge in [0.05, 0.1) is 19.9 Å². The van der Waals surface area contributed by atoms with Crippen LogP contribution in [-0.2, 0) is 11.3 Å². The van der Waals surface area contributed by atoms with Gasteiger partial charge in [0.25, 0.3) is 5.91 Å². The molecule has 0 aliphatic heterocycles. The second-order valence-electron chi connectivity index (χ2n) is 7.33. The van der Waals surface area contributed by atoms with Crippen molar-refractivity contribution in [1.29, 1.82) is 0 Å². The summed E-state index contributed by atoms with van der Waals surface area (Å²) in [6.45, 7) is 4.00. The normalized spacial score (nSPS) is 10.7. The van der Waals surface area contributed by atoms with Gasteiger partial charge in [0, 0.05) is 11.8 Å². The van der Waals surface area contributed by atoms with Crippen LogP contribution < -0.4 is 25.8 Å². The summed E-state index contributed by atoms with van der Waals surface area (Å²) < 4.78 is 11.6. The molecule has 32 heavy (non-hydrogen) atoms. The largest absolute Gasteiger partial charge is 0.497 e. The van der Waals surface area contributed by atoms with E-state index in [1.807, 2.05) is 24.3 Å². The third-order valence-corrected chi connectivity index (χ3v) is 4.80. The summed E-state index contributed by atoms with van der Waals surface area (Å²) in [5, 5.41) is 13.1. The second-order valence-corrected chi connectivity index (χ2v) is 7.33. The Labute approximate surface area is 185 Å². The van der Waals surface area contributed by atoms with Crippen LogP contribution in [0, 0.1) is 0 Å². The number of rotatable bonds is 8. The fraction of sp³-hybridized carbons (Fsp3) is 0.273. The van der Waals surface area contributed by atoms with Crippen molar-refractivity contribution in [3.05, 3.63) is 53.7 Å². The summed E-state index contributed by atoms with van der Waals surface area (Å²) in [7, 11) is 3.01. The van der Waals surface area contributed by atoms with Crippen molar-refractivity contribution >= 4 is 29.0 Å². The number of nitrogens with one attached hydrogen (secondary N) is 2. The van der Waals surface area contributed by atoms with Crippen molar-refractivity contribution in [2.75, 3.05) is 30.6 Å². The second kappa shape index (κ2) is 9.82. The van der Waals surface area contributed by atoms with Gasteiger partial charge in [-0.25, -0.2) is 4.68 Å². The Kier molecular flexibility index (Phi) is 6.93. The number of methoxy groups -OCH3 is 2. The fourth-order valence-corrected chi connectivity index (χ4v) is 2.97. The Morgan fingerprint density at radius 2 is 1.78 bits per heavy atom. The fourth-order valence-electron chi connectivity index (χ4n) is 2.97. The highest BCUT2D eigenvalue weighted by Crippen LogP contribution is 2.29. The van der Waals surface area contributed by atoms with Gasteiger partial charge in [-0.15, -0.1) is 5.10 Å². The molecule has 10 nitrogen and oxygen atoms in total. The Morgan fingerprint density at radius 3 is 2.41 bits per heavy atom. The number of carbonyl (C=O) groups excluding carboxylic acids is 2. The first-order chi connectivity index (χ1) is 15.3. The van der Waals surface area contributed by atoms with Crippen LogP contribution in [0.3, 0.4) is 0 Å². The maximum atomic E-state index is 12.6. The molecule has 0 aliphatic rings. The molecule has 3 aromatic rings. The number of carbonyl (C=O) groups is 2. The van der Waals surface area contributed by atoms with Gasteiger partial charge in [-0.3, -0.25) is 9.59 Å². The lowest BCUT2D eigenvalue weighted by Gasteiger charge is -2.11. The van der Waals surface area contributed by atoms with Crippen molar-refractivity contribution in [3.8, 4) is 11.5 Å². The van der Waals surface area contributed by atoms with Crippen molar-refractivity contribution in [1.82, 2.24) is 15.0 Å². The molecule has 0 unspecified atom stereocenters. The lowest BCUT2D eigenvalue weighted by molar-refractivity contribution is -0.116. The third-order valence-electron chi connectivity index (χ3n) is 4.80. The molecule has 0 radical (unpaired) electrons. The van der Waals surface area contributed by atoms with Crippen LogP contribution in [-0.4, -0.2) is 41.0 Å². The summed E-state index contributed by atoms with van der Waals surface area (Å²) in [6.07, 6.45) is 0. The van der Waals surface area contributed by atoms with E-state index in [1.165, 1.54) is 19.8 Å². The minimum atomic E-state index is -0.582. The lowest BCUT2D eigenvalue weighted by Crippen LogP contribution is -2.21. The first-order valence-electron chi connectivity index (χ1n) is 9.94. The van der Waals surface area contributed by atoms with E-state index in [0.717, 1.165) is 4.68 Å². The zero-order valence-corrected chi connectivity index (χ0v) is 18.4. The summed E-state index contributed by atoms with van der Waals surface area (Å²) in [6, 6.07) is 12.5. The van der Waals surface area contributed by atoms with Gasteiger partial charge in [0.2, 0.25) is 5.91 Å². The molecule has 1 heterocycles. The highest BCUT2D eigenvalue weighted by atomic mass is 16.5. The standard InChI is InChI=1S/C22H26N6O4/c1-13(2)14-5-7-15(8-6-14)24-19(29)12-28-21(23)20(26-27-28)22(30)25-17-10-9-16(31-3)11-18(17)32-4/h5-11,13H,12,23H2,1-4H3,(H,24,29)(H,25,30). The zero-order valence-electron chi connectivity index (χ0n) is 18.4. The number of nitrogens with two attached hydrogens (primary N) is 1. The van der Waals surface area contributed by atoms with Crippen LogP contribution in [0.1, 0.15) is 35.8 Å². The topological polar surface area (TPSA) is 133 Å². The molecule has 3 rings (SSSR count). The average molecular weight is 438 g/mol. The quantitative estimate of drug-likeness (QED) is 0.492. The predicted molar refractivity (Wildman–Crippen MR) is 121 cm³/mol. The molecule has 168 valence electrons. The summed E-state index contributed by atoms with van der Waals surface area (Å²) >= 11 is 0. The maximum Gasteiger partial charge on any atom is 0.280 e. The van der Waals surface area contributed by atoms with Gasteiger partial charge in [0.1, 0.15) is 18.0 Å². The maximum absolute atomic E-state index is 12.6. The van der Waals surface area contributed by atoms with E-state index in [9.17, 15) is 9.59 Å².